The monoisotopic (exact) mass is 499 g/mol. The highest BCUT2D eigenvalue weighted by molar-refractivity contribution is 6.09. The van der Waals surface area contributed by atoms with Crippen molar-refractivity contribution in [1.29, 1.82) is 0 Å². The van der Waals surface area contributed by atoms with Gasteiger partial charge in [0, 0.05) is 11.1 Å². The predicted molar refractivity (Wildman–Crippen MR) is 152 cm³/mol. The summed E-state index contributed by atoms with van der Waals surface area (Å²) in [6.07, 6.45) is 0.873. The molecule has 0 bridgehead atoms. The van der Waals surface area contributed by atoms with Gasteiger partial charge in [-0.15, -0.1) is 0 Å². The molecule has 0 aliphatic rings. The molecule has 4 heteroatoms. The first kappa shape index (κ1) is 23.8. The van der Waals surface area contributed by atoms with E-state index >= 15 is 0 Å². The van der Waals surface area contributed by atoms with Crippen LogP contribution in [0.15, 0.2) is 103 Å². The van der Waals surface area contributed by atoms with Crippen molar-refractivity contribution in [3.8, 4) is 22.6 Å². The first-order chi connectivity index (χ1) is 18.6. The first-order valence-corrected chi connectivity index (χ1v) is 13.0. The number of rotatable bonds is 9. The Labute approximate surface area is 222 Å². The van der Waals surface area contributed by atoms with Gasteiger partial charge < -0.3 is 13.9 Å². The molecule has 0 saturated heterocycles. The summed E-state index contributed by atoms with van der Waals surface area (Å²) < 4.78 is 14.5. The number of aromatic nitrogens is 1. The lowest BCUT2D eigenvalue weighted by molar-refractivity contribution is 0.101. The van der Waals surface area contributed by atoms with Gasteiger partial charge >= 0.3 is 0 Å². The summed E-state index contributed by atoms with van der Waals surface area (Å²) in [7, 11) is 0. The summed E-state index contributed by atoms with van der Waals surface area (Å²) in [4.78, 5) is 12.8. The molecule has 0 radical (unpaired) electrons. The maximum absolute atomic E-state index is 12.8. The van der Waals surface area contributed by atoms with Crippen LogP contribution in [0, 0.1) is 0 Å². The van der Waals surface area contributed by atoms with E-state index in [2.05, 4.69) is 41.7 Å². The van der Waals surface area contributed by atoms with Gasteiger partial charge in [0.1, 0.15) is 24.7 Å². The fraction of sp³-hybridized carbons (Fsp3) is 0.147. The molecular formula is C34H29NO3. The second kappa shape index (κ2) is 10.1. The van der Waals surface area contributed by atoms with Crippen LogP contribution in [0.5, 0.6) is 11.5 Å². The van der Waals surface area contributed by atoms with Gasteiger partial charge in [-0.2, -0.15) is 0 Å². The lowest BCUT2D eigenvalue weighted by Crippen LogP contribution is -2.00. The van der Waals surface area contributed by atoms with Crippen molar-refractivity contribution in [2.75, 3.05) is 0 Å². The molecule has 0 aliphatic heterocycles. The number of aryl methyl sites for hydroxylation is 1. The molecule has 0 atom stereocenters. The average Bonchev–Trinajstić information content (AvgIpc) is 3.51. The van der Waals surface area contributed by atoms with E-state index in [1.54, 1.807) is 6.92 Å². The molecule has 0 amide bonds. The van der Waals surface area contributed by atoms with Crippen molar-refractivity contribution in [3.05, 3.63) is 125 Å². The Hall–Kier alpha value is -4.57. The lowest BCUT2D eigenvalue weighted by Gasteiger charge is -2.11. The van der Waals surface area contributed by atoms with Crippen LogP contribution in [-0.2, 0) is 19.6 Å². The zero-order valence-electron chi connectivity index (χ0n) is 21.6. The predicted octanol–water partition coefficient (Wildman–Crippen LogP) is 8.12. The van der Waals surface area contributed by atoms with E-state index in [0.29, 0.717) is 18.8 Å². The maximum Gasteiger partial charge on any atom is 0.162 e. The molecule has 3 heterocycles. The standard InChI is InChI=1S/C34H29NO3/c1-3-28-30-18-19-32(38-22-25-12-8-5-9-13-25)34-29(23(2)36)20-31(35(30)34)33(28)26-14-16-27(17-15-26)37-21-24-10-6-4-7-11-24/h4-20H,3,21-22H2,1-2H3. The number of hydrogen-bond acceptors (Lipinski definition) is 3. The van der Waals surface area contributed by atoms with Gasteiger partial charge in [-0.05, 0) is 65.9 Å². The van der Waals surface area contributed by atoms with Crippen LogP contribution in [-0.4, -0.2) is 10.2 Å². The zero-order chi connectivity index (χ0) is 26.1. The van der Waals surface area contributed by atoms with Crippen LogP contribution in [0.3, 0.4) is 0 Å². The summed E-state index contributed by atoms with van der Waals surface area (Å²) in [5.41, 5.74) is 9.39. The van der Waals surface area contributed by atoms with E-state index in [1.165, 1.54) is 5.56 Å². The number of ketones is 1. The maximum atomic E-state index is 12.8. The van der Waals surface area contributed by atoms with Crippen LogP contribution >= 0.6 is 0 Å². The Morgan fingerprint density at radius 2 is 1.37 bits per heavy atom. The largest absolute Gasteiger partial charge is 0.489 e. The number of nitrogens with zero attached hydrogens (tertiary/aromatic N) is 1. The van der Waals surface area contributed by atoms with Crippen LogP contribution in [0.25, 0.3) is 27.7 Å². The highest BCUT2D eigenvalue weighted by atomic mass is 16.5. The van der Waals surface area contributed by atoms with Gasteiger partial charge in [0.15, 0.2) is 5.78 Å². The molecule has 38 heavy (non-hydrogen) atoms. The summed E-state index contributed by atoms with van der Waals surface area (Å²) in [5.74, 6) is 1.57. The van der Waals surface area contributed by atoms with Crippen molar-refractivity contribution >= 4 is 22.3 Å². The molecular weight excluding hydrogens is 470 g/mol. The fourth-order valence-corrected chi connectivity index (χ4v) is 5.27. The van der Waals surface area contributed by atoms with E-state index in [0.717, 1.165) is 56.7 Å². The summed E-state index contributed by atoms with van der Waals surface area (Å²) in [6.45, 7) is 4.77. The number of pyridine rings is 1. The lowest BCUT2D eigenvalue weighted by atomic mass is 9.99. The minimum absolute atomic E-state index is 0.0272. The Morgan fingerprint density at radius 1 is 0.737 bits per heavy atom. The summed E-state index contributed by atoms with van der Waals surface area (Å²) >= 11 is 0. The average molecular weight is 500 g/mol. The normalized spacial score (nSPS) is 11.3. The Balaban J connectivity index is 1.39. The number of benzene rings is 3. The van der Waals surface area contributed by atoms with Gasteiger partial charge in [0.05, 0.1) is 16.6 Å². The van der Waals surface area contributed by atoms with Crippen molar-refractivity contribution < 1.29 is 14.3 Å². The van der Waals surface area contributed by atoms with Crippen LogP contribution in [0.1, 0.15) is 40.9 Å². The van der Waals surface area contributed by atoms with E-state index in [1.807, 2.05) is 72.8 Å². The number of carbonyl (C=O) groups is 1. The van der Waals surface area contributed by atoms with E-state index < -0.39 is 0 Å². The second-order valence-corrected chi connectivity index (χ2v) is 9.55. The zero-order valence-corrected chi connectivity index (χ0v) is 21.6. The van der Waals surface area contributed by atoms with Crippen LogP contribution in [0.4, 0.5) is 0 Å². The Morgan fingerprint density at radius 3 is 1.97 bits per heavy atom. The first-order valence-electron chi connectivity index (χ1n) is 13.0. The van der Waals surface area contributed by atoms with Gasteiger partial charge in [-0.25, -0.2) is 0 Å². The molecule has 0 spiro atoms. The topological polar surface area (TPSA) is 39.9 Å². The quantitative estimate of drug-likeness (QED) is 0.189. The van der Waals surface area contributed by atoms with E-state index in [4.69, 9.17) is 9.47 Å². The number of hydrogen-bond donors (Lipinski definition) is 0. The third-order valence-corrected chi connectivity index (χ3v) is 7.10. The number of Topliss-reactive ketones (excluding diaryl/α,β-unsaturated/α-hetero) is 1. The van der Waals surface area contributed by atoms with Crippen molar-refractivity contribution in [3.63, 3.8) is 0 Å². The second-order valence-electron chi connectivity index (χ2n) is 9.55. The number of carbonyl (C=O) groups excluding carboxylic acids is 1. The van der Waals surface area contributed by atoms with E-state index in [-0.39, 0.29) is 5.78 Å². The minimum Gasteiger partial charge on any atom is -0.489 e. The third-order valence-electron chi connectivity index (χ3n) is 7.10. The molecule has 0 saturated carbocycles. The van der Waals surface area contributed by atoms with Gasteiger partial charge in [-0.1, -0.05) is 79.7 Å². The molecule has 0 N–H and O–H groups in total. The van der Waals surface area contributed by atoms with Crippen LogP contribution in [0.2, 0.25) is 0 Å². The SMILES string of the molecule is CCc1c(-c2ccc(OCc3ccccc3)cc2)c2cc(C(C)=O)c3c(OCc4ccccc4)ccc1n23. The molecule has 0 unspecified atom stereocenters. The van der Waals surface area contributed by atoms with E-state index in [9.17, 15) is 4.79 Å². The highest BCUT2D eigenvalue weighted by Gasteiger charge is 2.24. The summed E-state index contributed by atoms with van der Waals surface area (Å²) in [5, 5.41) is 0. The molecule has 3 aromatic heterocycles. The van der Waals surface area contributed by atoms with Gasteiger partial charge in [0.2, 0.25) is 0 Å². The fourth-order valence-electron chi connectivity index (χ4n) is 5.27. The van der Waals surface area contributed by atoms with Crippen molar-refractivity contribution in [2.24, 2.45) is 0 Å². The van der Waals surface area contributed by atoms with Gasteiger partial charge in [-0.3, -0.25) is 4.79 Å². The Bertz CT molecular complexity index is 1700. The van der Waals surface area contributed by atoms with Crippen molar-refractivity contribution in [1.82, 2.24) is 4.40 Å². The molecule has 0 aliphatic carbocycles. The third kappa shape index (κ3) is 4.28. The summed E-state index contributed by atoms with van der Waals surface area (Å²) in [6, 6.07) is 34.6. The minimum atomic E-state index is 0.0272. The highest BCUT2D eigenvalue weighted by Crippen LogP contribution is 2.42. The van der Waals surface area contributed by atoms with Crippen LogP contribution < -0.4 is 9.47 Å². The van der Waals surface area contributed by atoms with Crippen molar-refractivity contribution in [2.45, 2.75) is 33.5 Å². The molecule has 0 fully saturated rings. The molecule has 3 aromatic carbocycles. The smallest absolute Gasteiger partial charge is 0.162 e. The molecule has 4 nitrogen and oxygen atoms in total. The molecule has 188 valence electrons. The Kier molecular flexibility index (Phi) is 6.30. The molecule has 6 rings (SSSR count). The number of ether oxygens (including phenoxy) is 2. The van der Waals surface area contributed by atoms with Gasteiger partial charge in [0.25, 0.3) is 0 Å². The molecule has 6 aromatic rings.